The average molecular weight is 344 g/mol. The molecule has 0 aromatic carbocycles. The number of nitrogens with zero attached hydrogens (tertiary/aromatic N) is 3. The summed E-state index contributed by atoms with van der Waals surface area (Å²) >= 11 is 1.29. The first-order chi connectivity index (χ1) is 10.5. The molecular formula is C15H25N3O2S2. The number of piperazine rings is 1. The van der Waals surface area contributed by atoms with E-state index in [-0.39, 0.29) is 0 Å². The molecule has 0 bridgehead atoms. The molecule has 1 saturated carbocycles. The van der Waals surface area contributed by atoms with Crippen molar-refractivity contribution in [1.82, 2.24) is 14.2 Å². The summed E-state index contributed by atoms with van der Waals surface area (Å²) in [5, 5.41) is 0.817. The van der Waals surface area contributed by atoms with Crippen LogP contribution in [0.15, 0.2) is 4.21 Å². The number of aryl methyl sites for hydroxylation is 2. The van der Waals surface area contributed by atoms with Gasteiger partial charge in [-0.15, -0.1) is 11.3 Å². The van der Waals surface area contributed by atoms with Crippen molar-refractivity contribution in [1.29, 1.82) is 0 Å². The van der Waals surface area contributed by atoms with Gasteiger partial charge in [0.1, 0.15) is 0 Å². The molecule has 5 nitrogen and oxygen atoms in total. The van der Waals surface area contributed by atoms with Crippen molar-refractivity contribution >= 4 is 21.4 Å². The molecule has 0 amide bonds. The molecule has 0 unspecified atom stereocenters. The standard InChI is InChI=1S/C15H25N3O2S2/c1-12-15(21-13(2)16-12)22(19,20)18-10-8-17(9-11-18)14-6-4-3-5-7-14/h14H,3-11H2,1-2H3. The Hall–Kier alpha value is -0.500. The second-order valence-corrected chi connectivity index (χ2v) is 9.67. The summed E-state index contributed by atoms with van der Waals surface area (Å²) < 4.78 is 27.6. The highest BCUT2D eigenvalue weighted by atomic mass is 32.2. The minimum absolute atomic E-state index is 0.427. The Morgan fingerprint density at radius 2 is 1.68 bits per heavy atom. The normalized spacial score (nSPS) is 23.0. The van der Waals surface area contributed by atoms with E-state index in [1.165, 1.54) is 43.4 Å². The lowest BCUT2D eigenvalue weighted by Crippen LogP contribution is -2.52. The lowest BCUT2D eigenvalue weighted by Gasteiger charge is -2.40. The zero-order valence-corrected chi connectivity index (χ0v) is 15.0. The monoisotopic (exact) mass is 343 g/mol. The van der Waals surface area contributed by atoms with Gasteiger partial charge in [-0.3, -0.25) is 4.90 Å². The Kier molecular flexibility index (Phi) is 4.87. The van der Waals surface area contributed by atoms with Crippen molar-refractivity contribution in [3.8, 4) is 0 Å². The number of aromatic nitrogens is 1. The van der Waals surface area contributed by atoms with E-state index in [1.54, 1.807) is 11.2 Å². The fourth-order valence-corrected chi connectivity index (χ4v) is 6.67. The van der Waals surface area contributed by atoms with Crippen LogP contribution in [-0.4, -0.2) is 54.8 Å². The Morgan fingerprint density at radius 1 is 1.05 bits per heavy atom. The van der Waals surface area contributed by atoms with Gasteiger partial charge >= 0.3 is 0 Å². The fraction of sp³-hybridized carbons (Fsp3) is 0.800. The van der Waals surface area contributed by atoms with Crippen LogP contribution in [0.3, 0.4) is 0 Å². The van der Waals surface area contributed by atoms with Crippen LogP contribution in [-0.2, 0) is 10.0 Å². The van der Waals surface area contributed by atoms with E-state index < -0.39 is 10.0 Å². The number of hydrogen-bond acceptors (Lipinski definition) is 5. The zero-order chi connectivity index (χ0) is 15.7. The molecule has 1 aromatic heterocycles. The highest BCUT2D eigenvalue weighted by molar-refractivity contribution is 7.91. The number of sulfonamides is 1. The van der Waals surface area contributed by atoms with Crippen LogP contribution in [0.4, 0.5) is 0 Å². The smallest absolute Gasteiger partial charge is 0.254 e. The average Bonchev–Trinajstić information content (AvgIpc) is 2.88. The molecule has 3 rings (SSSR count). The van der Waals surface area contributed by atoms with E-state index in [0.29, 0.717) is 29.0 Å². The van der Waals surface area contributed by atoms with E-state index in [2.05, 4.69) is 9.88 Å². The van der Waals surface area contributed by atoms with Gasteiger partial charge in [0.05, 0.1) is 10.7 Å². The molecule has 124 valence electrons. The maximum absolute atomic E-state index is 12.8. The van der Waals surface area contributed by atoms with Gasteiger partial charge in [0.15, 0.2) is 4.21 Å². The highest BCUT2D eigenvalue weighted by Gasteiger charge is 2.33. The summed E-state index contributed by atoms with van der Waals surface area (Å²) in [7, 11) is -3.36. The van der Waals surface area contributed by atoms with Gasteiger partial charge in [-0.2, -0.15) is 4.31 Å². The molecule has 0 atom stereocenters. The largest absolute Gasteiger partial charge is 0.298 e. The SMILES string of the molecule is Cc1nc(C)c(S(=O)(=O)N2CCN(C3CCCCC3)CC2)s1. The first-order valence-corrected chi connectivity index (χ1v) is 10.4. The van der Waals surface area contributed by atoms with E-state index in [4.69, 9.17) is 0 Å². The molecule has 2 aliphatic rings. The van der Waals surface area contributed by atoms with E-state index in [1.807, 2.05) is 6.92 Å². The molecule has 2 fully saturated rings. The predicted molar refractivity (Wildman–Crippen MR) is 88.8 cm³/mol. The third kappa shape index (κ3) is 3.22. The van der Waals surface area contributed by atoms with E-state index in [0.717, 1.165) is 18.1 Å². The topological polar surface area (TPSA) is 53.5 Å². The Balaban J connectivity index is 1.66. The van der Waals surface area contributed by atoms with Crippen molar-refractivity contribution in [3.05, 3.63) is 10.7 Å². The lowest BCUT2D eigenvalue weighted by molar-refractivity contribution is 0.111. The van der Waals surface area contributed by atoms with Gasteiger partial charge in [0, 0.05) is 32.2 Å². The summed E-state index contributed by atoms with van der Waals surface area (Å²) in [5.41, 5.74) is 0.636. The van der Waals surface area contributed by atoms with E-state index >= 15 is 0 Å². The molecule has 1 aromatic rings. The van der Waals surface area contributed by atoms with Crippen molar-refractivity contribution < 1.29 is 8.42 Å². The summed E-state index contributed by atoms with van der Waals surface area (Å²) in [6, 6.07) is 0.672. The maximum Gasteiger partial charge on any atom is 0.254 e. The fourth-order valence-electron chi connectivity index (χ4n) is 3.62. The lowest BCUT2D eigenvalue weighted by atomic mass is 9.94. The summed E-state index contributed by atoms with van der Waals surface area (Å²) in [6.07, 6.45) is 6.56. The van der Waals surface area contributed by atoms with E-state index in [9.17, 15) is 8.42 Å². The van der Waals surface area contributed by atoms with Crippen LogP contribution in [0.25, 0.3) is 0 Å². The van der Waals surface area contributed by atoms with Crippen LogP contribution < -0.4 is 0 Å². The quantitative estimate of drug-likeness (QED) is 0.846. The first-order valence-electron chi connectivity index (χ1n) is 8.17. The molecule has 0 N–H and O–H groups in total. The van der Waals surface area contributed by atoms with Crippen LogP contribution >= 0.6 is 11.3 Å². The van der Waals surface area contributed by atoms with Crippen LogP contribution in [0.2, 0.25) is 0 Å². The van der Waals surface area contributed by atoms with Gasteiger partial charge in [-0.25, -0.2) is 13.4 Å². The number of thiazole rings is 1. The van der Waals surface area contributed by atoms with Gasteiger partial charge < -0.3 is 0 Å². The van der Waals surface area contributed by atoms with Gasteiger partial charge in [-0.1, -0.05) is 19.3 Å². The third-order valence-electron chi connectivity index (χ3n) is 4.80. The summed E-state index contributed by atoms with van der Waals surface area (Å²) in [5.74, 6) is 0. The minimum Gasteiger partial charge on any atom is -0.298 e. The van der Waals surface area contributed by atoms with Crippen molar-refractivity contribution in [2.24, 2.45) is 0 Å². The molecule has 22 heavy (non-hydrogen) atoms. The third-order valence-corrected chi connectivity index (χ3v) is 8.36. The molecule has 0 radical (unpaired) electrons. The summed E-state index contributed by atoms with van der Waals surface area (Å²) in [4.78, 5) is 6.76. The van der Waals surface area contributed by atoms with Crippen LogP contribution in [0.1, 0.15) is 42.8 Å². The zero-order valence-electron chi connectivity index (χ0n) is 13.4. The molecule has 1 saturated heterocycles. The Labute approximate surface area is 137 Å². The Morgan fingerprint density at radius 3 is 2.23 bits per heavy atom. The van der Waals surface area contributed by atoms with Crippen LogP contribution in [0, 0.1) is 13.8 Å². The second kappa shape index (κ2) is 6.55. The highest BCUT2D eigenvalue weighted by Crippen LogP contribution is 2.28. The van der Waals surface area contributed by atoms with Crippen LogP contribution in [0.5, 0.6) is 0 Å². The van der Waals surface area contributed by atoms with Crippen molar-refractivity contribution in [3.63, 3.8) is 0 Å². The van der Waals surface area contributed by atoms with Gasteiger partial charge in [0.25, 0.3) is 10.0 Å². The maximum atomic E-state index is 12.8. The molecular weight excluding hydrogens is 318 g/mol. The predicted octanol–water partition coefficient (Wildman–Crippen LogP) is 2.40. The van der Waals surface area contributed by atoms with Gasteiger partial charge in [0.2, 0.25) is 0 Å². The molecule has 0 spiro atoms. The van der Waals surface area contributed by atoms with Crippen molar-refractivity contribution in [2.45, 2.75) is 56.2 Å². The molecule has 2 heterocycles. The minimum atomic E-state index is -3.36. The molecule has 1 aliphatic heterocycles. The first kappa shape index (κ1) is 16.4. The number of hydrogen-bond donors (Lipinski definition) is 0. The van der Waals surface area contributed by atoms with Crippen molar-refractivity contribution in [2.75, 3.05) is 26.2 Å². The second-order valence-electron chi connectivity index (χ2n) is 6.34. The number of rotatable bonds is 3. The molecule has 1 aliphatic carbocycles. The van der Waals surface area contributed by atoms with Gasteiger partial charge in [-0.05, 0) is 26.7 Å². The molecule has 7 heteroatoms. The Bertz CT molecular complexity index is 613. The summed E-state index contributed by atoms with van der Waals surface area (Å²) in [6.45, 7) is 6.58.